The maximum Gasteiger partial charge on any atom is 0.174 e. The maximum atomic E-state index is 7.31. The van der Waals surface area contributed by atoms with Crippen molar-refractivity contribution in [2.24, 2.45) is 0 Å². The normalized spacial score (nSPS) is 14.9. The predicted molar refractivity (Wildman–Crippen MR) is 139 cm³/mol. The lowest BCUT2D eigenvalue weighted by Gasteiger charge is -2.38. The average molecular weight is 516 g/mol. The SMILES string of the molecule is Clc1ccc(C(Cl)(Cc2ccccc2)OC(Cl)(Cc2ccccc2)c2ccc(Cl)cc2)cc1. The molecule has 1 nitrogen and oxygen atoms in total. The highest BCUT2D eigenvalue weighted by atomic mass is 35.5. The molecule has 0 aromatic heterocycles. The number of benzene rings is 4. The molecule has 4 rings (SSSR count). The Kier molecular flexibility index (Phi) is 7.69. The number of alkyl halides is 2. The van der Waals surface area contributed by atoms with E-state index in [1.54, 1.807) is 24.3 Å². The van der Waals surface area contributed by atoms with E-state index in [9.17, 15) is 0 Å². The Bertz CT molecular complexity index is 1070. The fourth-order valence-corrected chi connectivity index (χ4v) is 4.88. The van der Waals surface area contributed by atoms with Crippen LogP contribution in [0.4, 0.5) is 0 Å². The number of rotatable bonds is 8. The average Bonchev–Trinajstić information content (AvgIpc) is 2.81. The summed E-state index contributed by atoms with van der Waals surface area (Å²) in [5, 5.41) is -1.25. The summed E-state index contributed by atoms with van der Waals surface area (Å²) in [4.78, 5) is 0. The zero-order valence-corrected chi connectivity index (χ0v) is 20.8. The third kappa shape index (κ3) is 6.12. The van der Waals surface area contributed by atoms with Crippen molar-refractivity contribution in [1.82, 2.24) is 0 Å². The van der Waals surface area contributed by atoms with Gasteiger partial charge in [0.05, 0.1) is 0 Å². The predicted octanol–water partition coefficient (Wildman–Crippen LogP) is 8.98. The van der Waals surface area contributed by atoms with E-state index in [4.69, 9.17) is 51.1 Å². The summed E-state index contributed by atoms with van der Waals surface area (Å²) in [6, 6.07) is 34.6. The molecule has 0 aliphatic heterocycles. The van der Waals surface area contributed by atoms with E-state index >= 15 is 0 Å². The lowest BCUT2D eigenvalue weighted by Crippen LogP contribution is -2.37. The third-order valence-electron chi connectivity index (χ3n) is 5.42. The van der Waals surface area contributed by atoms with Crippen LogP contribution in [-0.2, 0) is 27.7 Å². The molecule has 0 spiro atoms. The highest BCUT2D eigenvalue weighted by molar-refractivity contribution is 6.31. The Balaban J connectivity index is 1.79. The van der Waals surface area contributed by atoms with Gasteiger partial charge in [-0.2, -0.15) is 0 Å². The molecule has 2 unspecified atom stereocenters. The monoisotopic (exact) mass is 514 g/mol. The van der Waals surface area contributed by atoms with Crippen LogP contribution >= 0.6 is 46.4 Å². The summed E-state index contributed by atoms with van der Waals surface area (Å²) in [5.74, 6) is 0. The van der Waals surface area contributed by atoms with Crippen molar-refractivity contribution in [3.05, 3.63) is 141 Å². The van der Waals surface area contributed by atoms with Crippen LogP contribution in [0.3, 0.4) is 0 Å². The molecule has 0 aliphatic rings. The summed E-state index contributed by atoms with van der Waals surface area (Å²) in [6.45, 7) is 0. The quantitative estimate of drug-likeness (QED) is 0.213. The van der Waals surface area contributed by atoms with Crippen LogP contribution in [0.25, 0.3) is 0 Å². The number of hydrogen-bond acceptors (Lipinski definition) is 1. The Morgan fingerprint density at radius 1 is 0.485 bits per heavy atom. The van der Waals surface area contributed by atoms with Gasteiger partial charge in [0.25, 0.3) is 0 Å². The van der Waals surface area contributed by atoms with Crippen molar-refractivity contribution < 1.29 is 4.74 Å². The third-order valence-corrected chi connectivity index (χ3v) is 6.78. The van der Waals surface area contributed by atoms with Gasteiger partial charge in [-0.1, -0.05) is 131 Å². The van der Waals surface area contributed by atoms with E-state index in [0.717, 1.165) is 22.3 Å². The fraction of sp³-hybridized carbons (Fsp3) is 0.143. The number of halogens is 4. The van der Waals surface area contributed by atoms with Crippen molar-refractivity contribution >= 4 is 46.4 Å². The highest BCUT2D eigenvalue weighted by Crippen LogP contribution is 2.46. The summed E-state index contributed by atoms with van der Waals surface area (Å²) in [7, 11) is 0. The van der Waals surface area contributed by atoms with Crippen LogP contribution in [0, 0.1) is 0 Å². The van der Waals surface area contributed by atoms with Crippen LogP contribution in [0.5, 0.6) is 0 Å². The minimum absolute atomic E-state index is 0.411. The molecule has 0 fully saturated rings. The molecule has 33 heavy (non-hydrogen) atoms. The maximum absolute atomic E-state index is 7.31. The van der Waals surface area contributed by atoms with E-state index in [1.807, 2.05) is 84.9 Å². The van der Waals surface area contributed by atoms with Gasteiger partial charge in [0, 0.05) is 22.9 Å². The second kappa shape index (κ2) is 10.5. The molecule has 0 N–H and O–H groups in total. The van der Waals surface area contributed by atoms with E-state index in [2.05, 4.69) is 0 Å². The van der Waals surface area contributed by atoms with E-state index < -0.39 is 10.1 Å². The smallest absolute Gasteiger partial charge is 0.174 e. The van der Waals surface area contributed by atoms with Gasteiger partial charge < -0.3 is 4.74 Å². The minimum Gasteiger partial charge on any atom is -0.329 e. The molecule has 168 valence electrons. The molecule has 5 heteroatoms. The van der Waals surface area contributed by atoms with E-state index in [1.165, 1.54) is 0 Å². The second-order valence-electron chi connectivity index (χ2n) is 7.90. The molecular weight excluding hydrogens is 494 g/mol. The first-order valence-corrected chi connectivity index (χ1v) is 12.1. The molecular formula is C28H22Cl4O. The van der Waals surface area contributed by atoms with Crippen molar-refractivity contribution in [2.75, 3.05) is 0 Å². The Labute approximate surface area is 214 Å². The van der Waals surface area contributed by atoms with Crippen LogP contribution < -0.4 is 0 Å². The Morgan fingerprint density at radius 3 is 1.15 bits per heavy atom. The molecule has 2 atom stereocenters. The molecule has 0 amide bonds. The van der Waals surface area contributed by atoms with Gasteiger partial charge in [0.15, 0.2) is 10.1 Å². The lowest BCUT2D eigenvalue weighted by atomic mass is 9.97. The largest absolute Gasteiger partial charge is 0.329 e. The first kappa shape index (κ1) is 24.1. The van der Waals surface area contributed by atoms with Crippen LogP contribution in [0.2, 0.25) is 10.0 Å². The molecule has 0 heterocycles. The fourth-order valence-electron chi connectivity index (χ4n) is 3.76. The zero-order valence-electron chi connectivity index (χ0n) is 17.7. The summed E-state index contributed by atoms with van der Waals surface area (Å²) < 4.78 is 6.73. The molecule has 0 bridgehead atoms. The zero-order chi connectivity index (χ0) is 23.3. The molecule has 4 aromatic rings. The molecule has 0 aliphatic carbocycles. The van der Waals surface area contributed by atoms with Gasteiger partial charge in [0.2, 0.25) is 0 Å². The van der Waals surface area contributed by atoms with Gasteiger partial charge in [-0.3, -0.25) is 0 Å². The Morgan fingerprint density at radius 2 is 0.818 bits per heavy atom. The summed E-state index contributed by atoms with van der Waals surface area (Å²) in [6.07, 6.45) is 0.821. The van der Waals surface area contributed by atoms with Crippen molar-refractivity contribution in [2.45, 2.75) is 23.0 Å². The first-order valence-electron chi connectivity index (χ1n) is 10.5. The highest BCUT2D eigenvalue weighted by Gasteiger charge is 2.42. The van der Waals surface area contributed by atoms with Crippen LogP contribution in [0.15, 0.2) is 109 Å². The van der Waals surface area contributed by atoms with Crippen molar-refractivity contribution in [3.63, 3.8) is 0 Å². The van der Waals surface area contributed by atoms with Crippen molar-refractivity contribution in [3.8, 4) is 0 Å². The topological polar surface area (TPSA) is 9.23 Å². The van der Waals surface area contributed by atoms with Crippen LogP contribution in [0.1, 0.15) is 22.3 Å². The van der Waals surface area contributed by atoms with E-state index in [0.29, 0.717) is 22.9 Å². The molecule has 0 radical (unpaired) electrons. The second-order valence-corrected chi connectivity index (χ2v) is 9.99. The van der Waals surface area contributed by atoms with Gasteiger partial charge in [-0.25, -0.2) is 0 Å². The minimum atomic E-state index is -1.25. The first-order chi connectivity index (χ1) is 15.9. The van der Waals surface area contributed by atoms with E-state index in [-0.39, 0.29) is 0 Å². The molecule has 0 saturated heterocycles. The summed E-state index contributed by atoms with van der Waals surface area (Å²) >= 11 is 26.9. The van der Waals surface area contributed by atoms with Crippen LogP contribution in [-0.4, -0.2) is 0 Å². The molecule has 4 aromatic carbocycles. The van der Waals surface area contributed by atoms with Gasteiger partial charge in [-0.05, 0) is 46.5 Å². The lowest BCUT2D eigenvalue weighted by molar-refractivity contribution is -0.0747. The number of ether oxygens (including phenoxy) is 1. The van der Waals surface area contributed by atoms with Gasteiger partial charge >= 0.3 is 0 Å². The Hall–Kier alpha value is -2.00. The molecule has 0 saturated carbocycles. The van der Waals surface area contributed by atoms with Gasteiger partial charge in [-0.15, -0.1) is 0 Å². The summed E-state index contributed by atoms with van der Waals surface area (Å²) in [5.41, 5.74) is 3.59. The number of hydrogen-bond donors (Lipinski definition) is 0. The van der Waals surface area contributed by atoms with Gasteiger partial charge in [0.1, 0.15) is 0 Å². The standard InChI is InChI=1S/C28H22Cl4O/c29-25-15-11-23(12-16-25)27(31,19-21-7-3-1-4-8-21)33-28(32,20-22-9-5-2-6-10-22)24-13-17-26(30)18-14-24/h1-18H,19-20H2. The van der Waals surface area contributed by atoms with Crippen molar-refractivity contribution in [1.29, 1.82) is 0 Å².